The fourth-order valence-electron chi connectivity index (χ4n) is 0.834. The van der Waals surface area contributed by atoms with Crippen LogP contribution in [0.25, 0.3) is 0 Å². The van der Waals surface area contributed by atoms with Crippen LogP contribution in [0.2, 0.25) is 0 Å². The minimum Gasteiger partial charge on any atom is -0.468 e. The zero-order valence-corrected chi connectivity index (χ0v) is 6.62. The topological polar surface area (TPSA) is 60.1 Å². The van der Waals surface area contributed by atoms with Gasteiger partial charge in [-0.2, -0.15) is 0 Å². The molecule has 0 unspecified atom stereocenters. The third-order valence-corrected chi connectivity index (χ3v) is 1.44. The number of hydrazone groups is 1. The van der Waals surface area contributed by atoms with Crippen LogP contribution in [-0.2, 0) is 9.47 Å². The van der Waals surface area contributed by atoms with Gasteiger partial charge in [0.25, 0.3) is 0 Å². The van der Waals surface area contributed by atoms with Crippen molar-refractivity contribution in [2.45, 2.75) is 0 Å². The van der Waals surface area contributed by atoms with Crippen molar-refractivity contribution in [3.63, 3.8) is 0 Å². The highest BCUT2D eigenvalue weighted by atomic mass is 16.5. The molecule has 1 saturated heterocycles. The summed E-state index contributed by atoms with van der Waals surface area (Å²) in [6, 6.07) is 0.201. The molecule has 5 nitrogen and oxygen atoms in total. The smallest absolute Gasteiger partial charge is 0.303 e. The van der Waals surface area contributed by atoms with Gasteiger partial charge in [-0.1, -0.05) is 0 Å². The van der Waals surface area contributed by atoms with Gasteiger partial charge in [0.2, 0.25) is 0 Å². The number of ether oxygens (including phenoxy) is 2. The normalized spacial score (nSPS) is 20.1. The average Bonchev–Trinajstić information content (AvgIpc) is 2.06. The maximum atomic E-state index is 5.35. The van der Waals surface area contributed by atoms with Crippen LogP contribution in [0.3, 0.4) is 0 Å². The Bertz CT molecular complexity index is 143. The second kappa shape index (κ2) is 4.02. The fourth-order valence-corrected chi connectivity index (χ4v) is 0.834. The molecule has 0 radical (unpaired) electrons. The first-order valence-electron chi connectivity index (χ1n) is 3.53. The Kier molecular flexibility index (Phi) is 2.97. The Morgan fingerprint density at radius 2 is 2.18 bits per heavy atom. The second-order valence-corrected chi connectivity index (χ2v) is 2.21. The average molecular weight is 159 g/mol. The lowest BCUT2D eigenvalue weighted by Crippen LogP contribution is -2.34. The summed E-state index contributed by atoms with van der Waals surface area (Å²) in [5, 5.41) is 5.82. The molecule has 0 spiro atoms. The van der Waals surface area contributed by atoms with E-state index in [9.17, 15) is 0 Å². The summed E-state index contributed by atoms with van der Waals surface area (Å²) in [6.45, 7) is 2.98. The van der Waals surface area contributed by atoms with Crippen molar-refractivity contribution in [1.29, 1.82) is 0 Å². The number of rotatable bonds is 1. The summed E-state index contributed by atoms with van der Waals surface area (Å²) in [7, 11) is 1.50. The molecule has 0 aromatic carbocycles. The van der Waals surface area contributed by atoms with Crippen LogP contribution in [0, 0.1) is 0 Å². The van der Waals surface area contributed by atoms with E-state index < -0.39 is 0 Å². The van der Waals surface area contributed by atoms with Gasteiger partial charge in [0.1, 0.15) is 0 Å². The van der Waals surface area contributed by atoms with Crippen LogP contribution in [0.1, 0.15) is 0 Å². The molecule has 11 heavy (non-hydrogen) atoms. The monoisotopic (exact) mass is 159 g/mol. The molecule has 1 heterocycles. The number of hydrogen-bond donors (Lipinski definition) is 1. The number of hydrogen-bond acceptors (Lipinski definition) is 4. The predicted octanol–water partition coefficient (Wildman–Crippen LogP) is -0.805. The van der Waals surface area contributed by atoms with Crippen molar-refractivity contribution in [3.8, 4) is 0 Å². The van der Waals surface area contributed by atoms with E-state index >= 15 is 0 Å². The van der Waals surface area contributed by atoms with Crippen molar-refractivity contribution in [2.75, 3.05) is 33.4 Å². The Hall–Kier alpha value is -0.970. The first-order chi connectivity index (χ1) is 5.33. The zero-order valence-electron chi connectivity index (χ0n) is 6.62. The van der Waals surface area contributed by atoms with E-state index in [0.29, 0.717) is 13.2 Å². The van der Waals surface area contributed by atoms with E-state index in [1.54, 1.807) is 0 Å². The largest absolute Gasteiger partial charge is 0.468 e. The lowest BCUT2D eigenvalue weighted by molar-refractivity contribution is 0.0379. The van der Waals surface area contributed by atoms with E-state index in [-0.39, 0.29) is 6.02 Å². The maximum Gasteiger partial charge on any atom is 0.303 e. The van der Waals surface area contributed by atoms with Gasteiger partial charge in [0, 0.05) is 0 Å². The number of morpholine rings is 1. The molecule has 0 aromatic heterocycles. The SMILES string of the molecule is COC(N)=NN1CCOCC1. The van der Waals surface area contributed by atoms with Gasteiger partial charge in [-0.25, -0.2) is 0 Å². The molecule has 2 N–H and O–H groups in total. The van der Waals surface area contributed by atoms with Gasteiger partial charge in [-0.05, 0) is 0 Å². The Balaban J connectivity index is 2.34. The van der Waals surface area contributed by atoms with Gasteiger partial charge < -0.3 is 15.2 Å². The van der Waals surface area contributed by atoms with E-state index in [2.05, 4.69) is 5.10 Å². The lowest BCUT2D eigenvalue weighted by Gasteiger charge is -2.23. The first-order valence-corrected chi connectivity index (χ1v) is 3.53. The minimum absolute atomic E-state index is 0.201. The Labute approximate surface area is 65.8 Å². The molecule has 0 amide bonds. The molecule has 64 valence electrons. The number of nitrogens with zero attached hydrogens (tertiary/aromatic N) is 2. The molecule has 5 heteroatoms. The molecule has 0 aromatic rings. The summed E-state index contributed by atoms with van der Waals surface area (Å²) < 4.78 is 9.82. The van der Waals surface area contributed by atoms with E-state index in [1.165, 1.54) is 7.11 Å². The van der Waals surface area contributed by atoms with Crippen LogP contribution in [0.4, 0.5) is 0 Å². The summed E-state index contributed by atoms with van der Waals surface area (Å²) in [5.74, 6) is 0. The van der Waals surface area contributed by atoms with Crippen LogP contribution in [0.15, 0.2) is 5.10 Å². The first kappa shape index (κ1) is 8.13. The molecule has 1 aliphatic heterocycles. The summed E-state index contributed by atoms with van der Waals surface area (Å²) in [6.07, 6.45) is 0. The van der Waals surface area contributed by atoms with Gasteiger partial charge in [0.05, 0.1) is 33.4 Å². The van der Waals surface area contributed by atoms with Crippen molar-refractivity contribution in [1.82, 2.24) is 5.01 Å². The Morgan fingerprint density at radius 3 is 2.73 bits per heavy atom. The van der Waals surface area contributed by atoms with Crippen molar-refractivity contribution < 1.29 is 9.47 Å². The lowest BCUT2D eigenvalue weighted by atomic mass is 10.5. The molecule has 0 saturated carbocycles. The van der Waals surface area contributed by atoms with Gasteiger partial charge in [-0.15, -0.1) is 5.10 Å². The zero-order chi connectivity index (χ0) is 8.10. The minimum atomic E-state index is 0.201. The van der Waals surface area contributed by atoms with Crippen molar-refractivity contribution >= 4 is 6.02 Å². The van der Waals surface area contributed by atoms with Gasteiger partial charge in [0.15, 0.2) is 0 Å². The number of nitrogens with two attached hydrogens (primary N) is 1. The van der Waals surface area contributed by atoms with E-state index in [0.717, 1.165) is 13.1 Å². The highest BCUT2D eigenvalue weighted by molar-refractivity contribution is 5.70. The molecule has 0 bridgehead atoms. The highest BCUT2D eigenvalue weighted by Gasteiger charge is 2.07. The molecule has 0 aliphatic carbocycles. The Morgan fingerprint density at radius 1 is 1.55 bits per heavy atom. The standard InChI is InChI=1S/C6H13N3O2/c1-10-6(7)8-9-2-4-11-5-3-9/h2-5H2,1H3,(H2,7,8). The predicted molar refractivity (Wildman–Crippen MR) is 41.0 cm³/mol. The van der Waals surface area contributed by atoms with Crippen LogP contribution < -0.4 is 5.73 Å². The maximum absolute atomic E-state index is 5.35. The van der Waals surface area contributed by atoms with Crippen LogP contribution in [0.5, 0.6) is 0 Å². The third kappa shape index (κ3) is 2.63. The molecule has 1 fully saturated rings. The van der Waals surface area contributed by atoms with Crippen molar-refractivity contribution in [3.05, 3.63) is 0 Å². The third-order valence-electron chi connectivity index (χ3n) is 1.44. The molecular formula is C6H13N3O2. The van der Waals surface area contributed by atoms with E-state index in [4.69, 9.17) is 15.2 Å². The number of methoxy groups -OCH3 is 1. The fraction of sp³-hybridized carbons (Fsp3) is 0.833. The summed E-state index contributed by atoms with van der Waals surface area (Å²) >= 11 is 0. The summed E-state index contributed by atoms with van der Waals surface area (Å²) in [5.41, 5.74) is 5.35. The summed E-state index contributed by atoms with van der Waals surface area (Å²) in [4.78, 5) is 0. The van der Waals surface area contributed by atoms with Crippen molar-refractivity contribution in [2.24, 2.45) is 10.8 Å². The van der Waals surface area contributed by atoms with Gasteiger partial charge in [-0.3, -0.25) is 5.01 Å². The van der Waals surface area contributed by atoms with E-state index in [1.807, 2.05) is 5.01 Å². The second-order valence-electron chi connectivity index (χ2n) is 2.21. The highest BCUT2D eigenvalue weighted by Crippen LogP contribution is 1.96. The molecule has 0 atom stereocenters. The van der Waals surface area contributed by atoms with Crippen LogP contribution in [-0.4, -0.2) is 44.4 Å². The van der Waals surface area contributed by atoms with Crippen LogP contribution >= 0.6 is 0 Å². The molecule has 1 rings (SSSR count). The molecular weight excluding hydrogens is 146 g/mol. The van der Waals surface area contributed by atoms with Gasteiger partial charge >= 0.3 is 6.02 Å². The number of amidine groups is 1. The molecule has 1 aliphatic rings. The quantitative estimate of drug-likeness (QED) is 0.402.